The molecule has 0 aromatic carbocycles. The summed E-state index contributed by atoms with van der Waals surface area (Å²) in [4.78, 5) is 25.6. The summed E-state index contributed by atoms with van der Waals surface area (Å²) in [5.41, 5.74) is 0. The highest BCUT2D eigenvalue weighted by atomic mass is 16.5. The van der Waals surface area contributed by atoms with Gasteiger partial charge >= 0.3 is 0 Å². The van der Waals surface area contributed by atoms with Gasteiger partial charge in [-0.25, -0.2) is 0 Å². The highest BCUT2D eigenvalue weighted by molar-refractivity contribution is 5.76. The maximum atomic E-state index is 13.0. The Morgan fingerprint density at radius 1 is 0.451 bits per heavy atom. The minimum atomic E-state index is 0.436. The lowest BCUT2D eigenvalue weighted by Gasteiger charge is -2.32. The molecule has 4 nitrogen and oxygen atoms in total. The van der Waals surface area contributed by atoms with Crippen LogP contribution in [-0.2, 0) is 14.3 Å². The Hall–Kier alpha value is -1.06. The normalized spacial score (nSPS) is 11.9. The zero-order chi connectivity index (χ0) is 38.5. The smallest absolute Gasteiger partial charge is 0.293 e. The SMILES string of the molecule is CCCCCC.CCCCCCCCC(=O)N(CCCC)C(CCCC)CCCCCC.CCCCCCCCC(CCCCCC)COC=O. The average molecular weight is 724 g/mol. The van der Waals surface area contributed by atoms with Crippen LogP contribution in [0.25, 0.3) is 0 Å². The monoisotopic (exact) mass is 724 g/mol. The molecule has 0 aromatic heterocycles. The van der Waals surface area contributed by atoms with E-state index in [1.165, 1.54) is 193 Å². The van der Waals surface area contributed by atoms with E-state index in [0.29, 0.717) is 30.9 Å². The van der Waals surface area contributed by atoms with Crippen molar-refractivity contribution in [1.82, 2.24) is 4.90 Å². The standard InChI is InChI=1S/C24H49NO.C17H34O2.C6H14/c1-5-9-13-15-16-18-21-24(26)25(22-12-8-4)23(19-11-7-3)20-17-14-10-6-2;1-3-5-7-9-10-12-14-17(15-19-16-18)13-11-8-6-4-2;1-3-5-6-4-2/h23H,5-22H2,1-4H3;16-17H,3-15H2,1-2H3;3-6H2,1-2H3. The van der Waals surface area contributed by atoms with Gasteiger partial charge in [-0.3, -0.25) is 9.59 Å². The summed E-state index contributed by atoms with van der Waals surface area (Å²) in [5, 5.41) is 0. The first-order chi connectivity index (χ1) is 25.0. The van der Waals surface area contributed by atoms with Gasteiger partial charge in [0.1, 0.15) is 0 Å². The molecule has 0 saturated carbocycles. The topological polar surface area (TPSA) is 46.6 Å². The summed E-state index contributed by atoms with van der Waals surface area (Å²) in [5.74, 6) is 1.03. The lowest BCUT2D eigenvalue weighted by atomic mass is 9.95. The lowest BCUT2D eigenvalue weighted by Crippen LogP contribution is -2.41. The molecule has 0 spiro atoms. The van der Waals surface area contributed by atoms with Gasteiger partial charge in [-0.15, -0.1) is 0 Å². The van der Waals surface area contributed by atoms with Crippen LogP contribution in [0.15, 0.2) is 0 Å². The minimum absolute atomic E-state index is 0.436. The van der Waals surface area contributed by atoms with E-state index in [0.717, 1.165) is 25.8 Å². The Bertz CT molecular complexity index is 635. The third-order valence-electron chi connectivity index (χ3n) is 10.3. The van der Waals surface area contributed by atoms with Crippen molar-refractivity contribution in [3.05, 3.63) is 0 Å². The van der Waals surface area contributed by atoms with Crippen molar-refractivity contribution in [2.45, 2.75) is 273 Å². The van der Waals surface area contributed by atoms with E-state index < -0.39 is 0 Å². The van der Waals surface area contributed by atoms with Crippen molar-refractivity contribution in [3.63, 3.8) is 0 Å². The van der Waals surface area contributed by atoms with E-state index in [9.17, 15) is 9.59 Å². The molecule has 51 heavy (non-hydrogen) atoms. The molecule has 0 aliphatic heterocycles. The van der Waals surface area contributed by atoms with Crippen molar-refractivity contribution in [2.75, 3.05) is 13.2 Å². The van der Waals surface area contributed by atoms with Crippen molar-refractivity contribution >= 4 is 12.4 Å². The van der Waals surface area contributed by atoms with Gasteiger partial charge in [0.2, 0.25) is 5.91 Å². The largest absolute Gasteiger partial charge is 0.468 e. The van der Waals surface area contributed by atoms with Gasteiger partial charge in [-0.2, -0.15) is 0 Å². The highest BCUT2D eigenvalue weighted by Gasteiger charge is 2.22. The maximum Gasteiger partial charge on any atom is 0.293 e. The molecule has 0 aliphatic carbocycles. The second-order valence-electron chi connectivity index (χ2n) is 15.5. The Balaban J connectivity index is -0.000000803. The van der Waals surface area contributed by atoms with E-state index in [4.69, 9.17) is 4.74 Å². The predicted octanol–water partition coefficient (Wildman–Crippen LogP) is 16.0. The first-order valence-electron chi connectivity index (χ1n) is 23.3. The zero-order valence-corrected chi connectivity index (χ0v) is 36.7. The molecule has 0 rings (SSSR count). The Labute approximate surface area is 323 Å². The fraction of sp³-hybridized carbons (Fsp3) is 0.957. The molecular weight excluding hydrogens is 627 g/mol. The predicted molar refractivity (Wildman–Crippen MR) is 229 cm³/mol. The fourth-order valence-corrected chi connectivity index (χ4v) is 6.80. The number of hydrogen-bond acceptors (Lipinski definition) is 3. The van der Waals surface area contributed by atoms with Crippen molar-refractivity contribution in [2.24, 2.45) is 5.92 Å². The maximum absolute atomic E-state index is 13.0. The molecule has 0 aliphatic rings. The van der Waals surface area contributed by atoms with Crippen LogP contribution in [-0.4, -0.2) is 36.5 Å². The number of unbranched alkanes of at least 4 members (excludes halogenated alkanes) is 21. The first-order valence-corrected chi connectivity index (χ1v) is 23.3. The summed E-state index contributed by atoms with van der Waals surface area (Å²) >= 11 is 0. The van der Waals surface area contributed by atoms with Gasteiger partial charge in [-0.1, -0.05) is 222 Å². The Morgan fingerprint density at radius 3 is 1.25 bits per heavy atom. The average Bonchev–Trinajstić information content (AvgIpc) is 3.14. The van der Waals surface area contributed by atoms with Crippen LogP contribution in [0.5, 0.6) is 0 Å². The highest BCUT2D eigenvalue weighted by Crippen LogP contribution is 2.21. The van der Waals surface area contributed by atoms with E-state index >= 15 is 0 Å². The quantitative estimate of drug-likeness (QED) is 0.0473. The summed E-state index contributed by atoms with van der Waals surface area (Å²) in [6, 6.07) is 0.492. The van der Waals surface area contributed by atoms with Gasteiger partial charge < -0.3 is 9.64 Å². The van der Waals surface area contributed by atoms with Gasteiger partial charge in [0.15, 0.2) is 0 Å². The van der Waals surface area contributed by atoms with Crippen LogP contribution >= 0.6 is 0 Å². The summed E-state index contributed by atoms with van der Waals surface area (Å²) in [6.45, 7) is 20.2. The van der Waals surface area contributed by atoms with E-state index in [1.54, 1.807) is 0 Å². The molecule has 2 unspecified atom stereocenters. The molecule has 0 saturated heterocycles. The van der Waals surface area contributed by atoms with Crippen LogP contribution in [0.3, 0.4) is 0 Å². The van der Waals surface area contributed by atoms with E-state index in [2.05, 4.69) is 60.3 Å². The number of nitrogens with zero attached hydrogens (tertiary/aromatic N) is 1. The van der Waals surface area contributed by atoms with Crippen molar-refractivity contribution in [1.29, 1.82) is 0 Å². The van der Waals surface area contributed by atoms with Gasteiger partial charge in [0.25, 0.3) is 6.47 Å². The van der Waals surface area contributed by atoms with Crippen LogP contribution < -0.4 is 0 Å². The Kier molecular flexibility index (Phi) is 52.1. The van der Waals surface area contributed by atoms with Gasteiger partial charge in [-0.05, 0) is 44.4 Å². The van der Waals surface area contributed by atoms with Crippen LogP contribution in [0.1, 0.15) is 267 Å². The Morgan fingerprint density at radius 2 is 0.804 bits per heavy atom. The molecule has 0 N–H and O–H groups in total. The number of rotatable bonds is 37. The van der Waals surface area contributed by atoms with Gasteiger partial charge in [0, 0.05) is 19.0 Å². The van der Waals surface area contributed by atoms with Crippen molar-refractivity contribution < 1.29 is 14.3 Å². The first kappa shape index (κ1) is 54.3. The van der Waals surface area contributed by atoms with Crippen molar-refractivity contribution in [3.8, 4) is 0 Å². The lowest BCUT2D eigenvalue weighted by molar-refractivity contribution is -0.134. The summed E-state index contributed by atoms with van der Waals surface area (Å²) < 4.78 is 4.97. The molecule has 0 fully saturated rings. The number of ether oxygens (including phenoxy) is 1. The second kappa shape index (κ2) is 48.9. The number of hydrogen-bond donors (Lipinski definition) is 0. The molecule has 308 valence electrons. The minimum Gasteiger partial charge on any atom is -0.468 e. The van der Waals surface area contributed by atoms with Crippen LogP contribution in [0, 0.1) is 5.92 Å². The van der Waals surface area contributed by atoms with Crippen LogP contribution in [0.2, 0.25) is 0 Å². The molecule has 0 heterocycles. The molecular formula is C47H97NO3. The molecule has 0 radical (unpaired) electrons. The zero-order valence-electron chi connectivity index (χ0n) is 36.7. The van der Waals surface area contributed by atoms with E-state index in [-0.39, 0.29) is 0 Å². The number of carbonyl (C=O) groups is 2. The summed E-state index contributed by atoms with van der Waals surface area (Å²) in [6.07, 6.45) is 42.1. The number of amides is 1. The molecule has 0 bridgehead atoms. The third kappa shape index (κ3) is 43.2. The van der Waals surface area contributed by atoms with E-state index in [1.807, 2.05) is 0 Å². The van der Waals surface area contributed by atoms with Gasteiger partial charge in [0.05, 0.1) is 6.61 Å². The molecule has 2 atom stereocenters. The second-order valence-corrected chi connectivity index (χ2v) is 15.5. The van der Waals surface area contributed by atoms with Crippen LogP contribution in [0.4, 0.5) is 0 Å². The summed E-state index contributed by atoms with van der Waals surface area (Å²) in [7, 11) is 0. The number of carbonyl (C=O) groups excluding carboxylic acids is 2. The molecule has 4 heteroatoms. The molecule has 0 aromatic rings. The third-order valence-corrected chi connectivity index (χ3v) is 10.3. The fourth-order valence-electron chi connectivity index (χ4n) is 6.80. The molecule has 1 amide bonds.